The molecule has 2 aromatic rings. The predicted molar refractivity (Wildman–Crippen MR) is 185 cm³/mol. The van der Waals surface area contributed by atoms with Crippen LogP contribution in [0.25, 0.3) is 5.57 Å². The van der Waals surface area contributed by atoms with Crippen molar-refractivity contribution < 1.29 is 51.3 Å². The summed E-state index contributed by atoms with van der Waals surface area (Å²) in [6, 6.07) is 10.6. The number of amides is 1. The summed E-state index contributed by atoms with van der Waals surface area (Å²) in [7, 11) is -5.93. The minimum absolute atomic E-state index is 0.177. The molecule has 2 aromatic carbocycles. The summed E-state index contributed by atoms with van der Waals surface area (Å²) >= 11 is 0. The number of aliphatic carboxylic acids is 1. The van der Waals surface area contributed by atoms with Gasteiger partial charge in [0.1, 0.15) is 19.9 Å². The van der Waals surface area contributed by atoms with Crippen molar-refractivity contribution in [3.8, 4) is 5.75 Å². The first-order valence-electron chi connectivity index (χ1n) is 15.8. The Morgan fingerprint density at radius 2 is 1.86 bits per heavy atom. The second-order valence-electron chi connectivity index (χ2n) is 12.9. The number of hydrogen-bond acceptors (Lipinski definition) is 10. The van der Waals surface area contributed by atoms with Gasteiger partial charge in [-0.3, -0.25) is 19.2 Å². The summed E-state index contributed by atoms with van der Waals surface area (Å²) in [6.07, 6.45) is 5.71. The molecular formula is C35H35N3O10SSi. The molecule has 50 heavy (non-hydrogen) atoms. The first kappa shape index (κ1) is 34.7. The van der Waals surface area contributed by atoms with Gasteiger partial charge in [-0.25, -0.2) is 13.0 Å². The number of carboxylic acids is 1. The van der Waals surface area contributed by atoms with Crippen molar-refractivity contribution in [3.05, 3.63) is 94.4 Å². The molecule has 0 saturated carbocycles. The van der Waals surface area contributed by atoms with Crippen LogP contribution in [0.5, 0.6) is 5.75 Å². The second-order valence-corrected chi connectivity index (χ2v) is 18.3. The van der Waals surface area contributed by atoms with Gasteiger partial charge in [0.15, 0.2) is 24.7 Å². The molecule has 1 unspecified atom stereocenters. The van der Waals surface area contributed by atoms with Crippen LogP contribution in [0.4, 0.5) is 5.69 Å². The Morgan fingerprint density at radius 3 is 2.50 bits per heavy atom. The fourth-order valence-electron chi connectivity index (χ4n) is 6.81. The van der Waals surface area contributed by atoms with E-state index in [1.54, 1.807) is 6.07 Å². The monoisotopic (exact) mass is 717 g/mol. The van der Waals surface area contributed by atoms with Gasteiger partial charge in [-0.1, -0.05) is 18.3 Å². The molecule has 3 aliphatic heterocycles. The summed E-state index contributed by atoms with van der Waals surface area (Å²) in [5.41, 5.74) is 6.66. The van der Waals surface area contributed by atoms with Gasteiger partial charge in [0, 0.05) is 37.0 Å². The van der Waals surface area contributed by atoms with E-state index in [9.17, 15) is 37.3 Å². The molecule has 0 aromatic heterocycles. The normalized spacial score (nSPS) is 21.2. The zero-order valence-corrected chi connectivity index (χ0v) is 29.2. The Morgan fingerprint density at radius 1 is 1.12 bits per heavy atom. The third-order valence-corrected chi connectivity index (χ3v) is 14.4. The molecule has 15 heteroatoms. The Bertz CT molecular complexity index is 2060. The Balaban J connectivity index is 1.56. The largest absolute Gasteiger partial charge is 0.748 e. The van der Waals surface area contributed by atoms with E-state index in [0.717, 1.165) is 32.9 Å². The number of nitrogens with zero attached hydrogens (tertiary/aromatic N) is 3. The maximum atomic E-state index is 14.0. The minimum Gasteiger partial charge on any atom is -0.748 e. The van der Waals surface area contributed by atoms with Gasteiger partial charge in [-0.05, 0) is 69.1 Å². The number of carboxylic acid groups (broad SMARTS) is 1. The Kier molecular flexibility index (Phi) is 9.24. The number of allylic oxidation sites excluding steroid dienone is 5. The molecule has 4 aliphatic rings. The van der Waals surface area contributed by atoms with Crippen LogP contribution in [0.15, 0.2) is 77.7 Å². The van der Waals surface area contributed by atoms with Gasteiger partial charge in [-0.2, -0.15) is 0 Å². The van der Waals surface area contributed by atoms with E-state index >= 15 is 0 Å². The van der Waals surface area contributed by atoms with Crippen LogP contribution < -0.4 is 14.8 Å². The fraction of sp³-hybridized carbons (Fsp3) is 0.286. The number of benzene rings is 2. The van der Waals surface area contributed by atoms with Crippen molar-refractivity contribution in [1.29, 1.82) is 0 Å². The van der Waals surface area contributed by atoms with Crippen molar-refractivity contribution in [2.75, 3.05) is 50.4 Å². The highest BCUT2D eigenvalue weighted by molar-refractivity contribution is 7.85. The number of rotatable bonds is 12. The summed E-state index contributed by atoms with van der Waals surface area (Å²) in [4.78, 5) is 51.1. The molecule has 1 atom stereocenters. The first-order valence-corrected chi connectivity index (χ1v) is 20.0. The van der Waals surface area contributed by atoms with Gasteiger partial charge in [0.25, 0.3) is 18.9 Å². The molecule has 13 nitrogen and oxygen atoms in total. The van der Waals surface area contributed by atoms with Crippen molar-refractivity contribution >= 4 is 65.2 Å². The molecule has 0 spiro atoms. The number of carbonyl (C=O) groups is 4. The van der Waals surface area contributed by atoms with E-state index in [0.29, 0.717) is 43.8 Å². The van der Waals surface area contributed by atoms with Gasteiger partial charge in [0.2, 0.25) is 0 Å². The first-order chi connectivity index (χ1) is 23.8. The van der Waals surface area contributed by atoms with E-state index < -0.39 is 41.7 Å². The predicted octanol–water partition coefficient (Wildman–Crippen LogP) is 1.23. The average molecular weight is 718 g/mol. The third-order valence-electron chi connectivity index (χ3n) is 9.83. The SMILES string of the molecule is C=C[Si]1(C)C2=CC(=[N+]3CC(C(=O)O)C3)C=CC2=C(c2cc(OC=O)ccc2C(=O)N(C)CCS(=O)(=O)[O-])c2ccc(N3CC(OC=O)C3)cc21. The topological polar surface area (TPSA) is 174 Å². The van der Waals surface area contributed by atoms with Crippen LogP contribution in [0.1, 0.15) is 21.5 Å². The van der Waals surface area contributed by atoms with Gasteiger partial charge >= 0.3 is 5.97 Å². The zero-order chi connectivity index (χ0) is 36.0. The molecule has 0 bridgehead atoms. The van der Waals surface area contributed by atoms with Gasteiger partial charge in [-0.15, -0.1) is 6.58 Å². The summed E-state index contributed by atoms with van der Waals surface area (Å²) in [5.74, 6) is -2.44. The van der Waals surface area contributed by atoms with Gasteiger partial charge < -0.3 is 28.9 Å². The average Bonchev–Trinajstić information content (AvgIpc) is 3.04. The number of hydrogen-bond donors (Lipinski definition) is 1. The van der Waals surface area contributed by atoms with Crippen molar-refractivity contribution in [1.82, 2.24) is 4.90 Å². The van der Waals surface area contributed by atoms with E-state index in [1.807, 2.05) is 34.6 Å². The van der Waals surface area contributed by atoms with Crippen molar-refractivity contribution in [3.63, 3.8) is 0 Å². The molecule has 0 radical (unpaired) electrons. The maximum Gasteiger partial charge on any atom is 0.319 e. The van der Waals surface area contributed by atoms with Crippen LogP contribution in [0, 0.1) is 5.92 Å². The highest BCUT2D eigenvalue weighted by Crippen LogP contribution is 2.44. The molecule has 260 valence electrons. The lowest BCUT2D eigenvalue weighted by Crippen LogP contribution is -2.54. The van der Waals surface area contributed by atoms with E-state index in [2.05, 4.69) is 30.2 Å². The Labute approximate surface area is 289 Å². The zero-order valence-electron chi connectivity index (χ0n) is 27.4. The van der Waals surface area contributed by atoms with E-state index in [1.165, 1.54) is 24.1 Å². The standard InChI is InChI=1S/C35H35N3O10SSi/c1-4-50(3)31-13-23(37-16-22(17-37)35(42)43)5-8-28(31)33(29-9-6-24(14-32(29)50)38-18-26(19-38)48-21-40)30-15-25(47-20-39)7-10-27(30)34(41)36(2)11-12-49(44,45)46/h4-10,13-15,20-22,26H,1,11-12,16-19H2,2-3H3,(H-,42,43,44,45,46). The fourth-order valence-corrected chi connectivity index (χ4v) is 10.5. The van der Waals surface area contributed by atoms with Crippen LogP contribution in [0.3, 0.4) is 0 Å². The van der Waals surface area contributed by atoms with Crippen molar-refractivity contribution in [2.24, 2.45) is 5.92 Å². The van der Waals surface area contributed by atoms with Crippen LogP contribution >= 0.6 is 0 Å². The van der Waals surface area contributed by atoms with Crippen LogP contribution in [-0.4, -0.2) is 118 Å². The summed E-state index contributed by atoms with van der Waals surface area (Å²) in [5, 5.41) is 11.5. The summed E-state index contributed by atoms with van der Waals surface area (Å²) < 4.78 is 46.5. The summed E-state index contributed by atoms with van der Waals surface area (Å²) in [6.45, 7) is 8.63. The molecule has 2 saturated heterocycles. The number of carbonyl (C=O) groups excluding carboxylic acids is 3. The lowest BCUT2D eigenvalue weighted by atomic mass is 9.86. The second kappa shape index (κ2) is 13.3. The Hall–Kier alpha value is -5.12. The lowest BCUT2D eigenvalue weighted by molar-refractivity contribution is -0.597. The van der Waals surface area contributed by atoms with Crippen molar-refractivity contribution in [2.45, 2.75) is 12.7 Å². The number of anilines is 1. The molecule has 1 N–H and O–H groups in total. The molecule has 1 amide bonds. The molecule has 6 rings (SSSR count). The van der Waals surface area contributed by atoms with E-state index in [4.69, 9.17) is 9.47 Å². The molecule has 2 fully saturated rings. The van der Waals surface area contributed by atoms with Gasteiger partial charge in [0.05, 0.1) is 29.0 Å². The number of fused-ring (bicyclic) bond motifs is 2. The third kappa shape index (κ3) is 6.34. The molecular weight excluding hydrogens is 683 g/mol. The minimum atomic E-state index is -4.59. The molecule has 1 aliphatic carbocycles. The quantitative estimate of drug-likeness (QED) is 0.145. The van der Waals surface area contributed by atoms with Crippen LogP contribution in [0.2, 0.25) is 6.55 Å². The van der Waals surface area contributed by atoms with E-state index in [-0.39, 0.29) is 30.4 Å². The maximum absolute atomic E-state index is 14.0. The lowest BCUT2D eigenvalue weighted by Gasteiger charge is -2.42. The van der Waals surface area contributed by atoms with Crippen LogP contribution in [-0.2, 0) is 29.2 Å². The highest BCUT2D eigenvalue weighted by atomic mass is 32.2. The smallest absolute Gasteiger partial charge is 0.319 e. The number of ether oxygens (including phenoxy) is 2. The molecule has 3 heterocycles. The highest BCUT2D eigenvalue weighted by Gasteiger charge is 2.45.